The number of ketones is 1. The van der Waals surface area contributed by atoms with Crippen molar-refractivity contribution >= 4 is 5.78 Å². The van der Waals surface area contributed by atoms with Crippen molar-refractivity contribution in [1.29, 1.82) is 0 Å². The predicted octanol–water partition coefficient (Wildman–Crippen LogP) is 3.10. The van der Waals surface area contributed by atoms with Crippen molar-refractivity contribution in [3.8, 4) is 0 Å². The monoisotopic (exact) mass is 210 g/mol. The molecule has 0 saturated heterocycles. The normalized spacial score (nSPS) is 34.3. The highest BCUT2D eigenvalue weighted by Crippen LogP contribution is 2.41. The highest BCUT2D eigenvalue weighted by Gasteiger charge is 2.46. The molecule has 0 N–H and O–H groups in total. The first-order chi connectivity index (χ1) is 7.29. The summed E-state index contributed by atoms with van der Waals surface area (Å²) >= 11 is 0. The van der Waals surface area contributed by atoms with Crippen LogP contribution in [-0.4, -0.2) is 18.5 Å². The summed E-state index contributed by atoms with van der Waals surface area (Å²) in [4.78, 5) is 12.1. The van der Waals surface area contributed by atoms with Crippen molar-refractivity contribution in [2.24, 2.45) is 5.92 Å². The van der Waals surface area contributed by atoms with Gasteiger partial charge in [0.1, 0.15) is 5.60 Å². The minimum absolute atomic E-state index is 0.378. The molecule has 1 unspecified atom stereocenters. The minimum Gasteiger partial charge on any atom is -0.370 e. The number of carbonyl (C=O) groups excluding carboxylic acids is 1. The highest BCUT2D eigenvalue weighted by molar-refractivity contribution is 5.88. The Balaban J connectivity index is 2.14. The maximum atomic E-state index is 12.1. The first kappa shape index (κ1) is 11.1. The molecule has 86 valence electrons. The number of ether oxygens (including phenoxy) is 1. The van der Waals surface area contributed by atoms with Gasteiger partial charge in [0.15, 0.2) is 5.78 Å². The number of hydrogen-bond donors (Lipinski definition) is 0. The van der Waals surface area contributed by atoms with Gasteiger partial charge < -0.3 is 4.74 Å². The lowest BCUT2D eigenvalue weighted by atomic mass is 9.69. The lowest BCUT2D eigenvalue weighted by Crippen LogP contribution is -2.50. The molecule has 0 aromatic rings. The first-order valence-corrected chi connectivity index (χ1v) is 6.38. The zero-order chi connectivity index (χ0) is 10.7. The van der Waals surface area contributed by atoms with Gasteiger partial charge in [-0.05, 0) is 38.0 Å². The third-order valence-corrected chi connectivity index (χ3v) is 4.30. The average Bonchev–Trinajstić information content (AvgIpc) is 2.31. The molecule has 0 spiro atoms. The molecule has 2 saturated carbocycles. The zero-order valence-electron chi connectivity index (χ0n) is 9.76. The summed E-state index contributed by atoms with van der Waals surface area (Å²) < 4.78 is 5.68. The van der Waals surface area contributed by atoms with Crippen LogP contribution < -0.4 is 0 Å². The van der Waals surface area contributed by atoms with Crippen LogP contribution in [0.15, 0.2) is 0 Å². The fraction of sp³-hybridized carbons (Fsp3) is 0.923. The Labute approximate surface area is 92.4 Å². The zero-order valence-corrected chi connectivity index (χ0v) is 9.76. The Kier molecular flexibility index (Phi) is 3.45. The Morgan fingerprint density at radius 3 is 2.47 bits per heavy atom. The van der Waals surface area contributed by atoms with Crippen molar-refractivity contribution in [2.45, 2.75) is 63.4 Å². The van der Waals surface area contributed by atoms with E-state index >= 15 is 0 Å². The molecule has 2 heteroatoms. The lowest BCUT2D eigenvalue weighted by Gasteiger charge is -2.42. The van der Waals surface area contributed by atoms with Crippen molar-refractivity contribution in [3.63, 3.8) is 0 Å². The summed E-state index contributed by atoms with van der Waals surface area (Å²) in [7, 11) is 1.73. The molecular formula is C13H22O2. The molecule has 0 bridgehead atoms. The summed E-state index contributed by atoms with van der Waals surface area (Å²) in [6, 6.07) is 0. The summed E-state index contributed by atoms with van der Waals surface area (Å²) in [5.41, 5.74) is -0.390. The molecule has 2 fully saturated rings. The van der Waals surface area contributed by atoms with Gasteiger partial charge in [0.25, 0.3) is 0 Å². The molecule has 0 amide bonds. The molecule has 0 aromatic carbocycles. The maximum absolute atomic E-state index is 12.1. The van der Waals surface area contributed by atoms with Crippen molar-refractivity contribution in [1.82, 2.24) is 0 Å². The van der Waals surface area contributed by atoms with Crippen LogP contribution in [0.25, 0.3) is 0 Å². The second kappa shape index (κ2) is 4.65. The third-order valence-electron chi connectivity index (χ3n) is 4.30. The molecule has 0 aliphatic heterocycles. The van der Waals surface area contributed by atoms with Crippen LogP contribution in [0, 0.1) is 5.92 Å². The fourth-order valence-electron chi connectivity index (χ4n) is 3.41. The van der Waals surface area contributed by atoms with E-state index in [2.05, 4.69) is 0 Å². The molecule has 2 rings (SSSR count). The van der Waals surface area contributed by atoms with Gasteiger partial charge in [-0.25, -0.2) is 0 Å². The SMILES string of the molecule is COC1(C2CCCCC2)CCCCC1=O. The summed E-state index contributed by atoms with van der Waals surface area (Å²) in [5.74, 6) is 0.882. The molecule has 2 aliphatic carbocycles. The molecule has 2 aliphatic rings. The Morgan fingerprint density at radius 1 is 1.13 bits per heavy atom. The maximum Gasteiger partial charge on any atom is 0.164 e. The largest absolute Gasteiger partial charge is 0.370 e. The van der Waals surface area contributed by atoms with Gasteiger partial charge in [0, 0.05) is 13.5 Å². The number of Topliss-reactive ketones (excluding diaryl/α,β-unsaturated/α-hetero) is 1. The van der Waals surface area contributed by atoms with E-state index in [1.54, 1.807) is 7.11 Å². The number of carbonyl (C=O) groups is 1. The van der Waals surface area contributed by atoms with E-state index in [-0.39, 0.29) is 0 Å². The predicted molar refractivity (Wildman–Crippen MR) is 59.8 cm³/mol. The van der Waals surface area contributed by atoms with Crippen molar-refractivity contribution in [3.05, 3.63) is 0 Å². The van der Waals surface area contributed by atoms with Gasteiger partial charge in [0.05, 0.1) is 0 Å². The van der Waals surface area contributed by atoms with Crippen LogP contribution in [-0.2, 0) is 9.53 Å². The van der Waals surface area contributed by atoms with Gasteiger partial charge >= 0.3 is 0 Å². The molecule has 0 aromatic heterocycles. The van der Waals surface area contributed by atoms with E-state index in [4.69, 9.17) is 4.74 Å². The molecule has 2 nitrogen and oxygen atoms in total. The second-order valence-corrected chi connectivity index (χ2v) is 5.06. The van der Waals surface area contributed by atoms with E-state index in [0.29, 0.717) is 11.7 Å². The van der Waals surface area contributed by atoms with Crippen LogP contribution in [0.1, 0.15) is 57.8 Å². The van der Waals surface area contributed by atoms with Crippen LogP contribution in [0.4, 0.5) is 0 Å². The van der Waals surface area contributed by atoms with Gasteiger partial charge in [-0.15, -0.1) is 0 Å². The van der Waals surface area contributed by atoms with E-state index in [1.165, 1.54) is 32.1 Å². The summed E-state index contributed by atoms with van der Waals surface area (Å²) in [5, 5.41) is 0. The van der Waals surface area contributed by atoms with Crippen molar-refractivity contribution < 1.29 is 9.53 Å². The number of rotatable bonds is 2. The van der Waals surface area contributed by atoms with E-state index in [0.717, 1.165) is 25.7 Å². The Bertz CT molecular complexity index is 231. The molecule has 0 radical (unpaired) electrons. The van der Waals surface area contributed by atoms with Crippen LogP contribution in [0.3, 0.4) is 0 Å². The molecule has 0 heterocycles. The van der Waals surface area contributed by atoms with E-state index < -0.39 is 5.60 Å². The smallest absolute Gasteiger partial charge is 0.164 e. The number of methoxy groups -OCH3 is 1. The fourth-order valence-corrected chi connectivity index (χ4v) is 3.41. The van der Waals surface area contributed by atoms with Crippen molar-refractivity contribution in [2.75, 3.05) is 7.11 Å². The average molecular weight is 210 g/mol. The van der Waals surface area contributed by atoms with Gasteiger partial charge in [-0.3, -0.25) is 4.79 Å². The molecular weight excluding hydrogens is 188 g/mol. The topological polar surface area (TPSA) is 26.3 Å². The summed E-state index contributed by atoms with van der Waals surface area (Å²) in [6.07, 6.45) is 10.2. The Morgan fingerprint density at radius 2 is 1.87 bits per heavy atom. The van der Waals surface area contributed by atoms with Crippen LogP contribution in [0.5, 0.6) is 0 Å². The standard InChI is InChI=1S/C13H22O2/c1-15-13(10-6-5-9-12(13)14)11-7-3-2-4-8-11/h11H,2-10H2,1H3. The second-order valence-electron chi connectivity index (χ2n) is 5.06. The lowest BCUT2D eigenvalue weighted by molar-refractivity contribution is -0.155. The Hall–Kier alpha value is -0.370. The van der Waals surface area contributed by atoms with Gasteiger partial charge in [0.2, 0.25) is 0 Å². The van der Waals surface area contributed by atoms with Gasteiger partial charge in [-0.1, -0.05) is 19.3 Å². The third kappa shape index (κ3) is 1.96. The minimum atomic E-state index is -0.390. The quantitative estimate of drug-likeness (QED) is 0.700. The van der Waals surface area contributed by atoms with E-state index in [1.807, 2.05) is 0 Å². The number of hydrogen-bond acceptors (Lipinski definition) is 2. The van der Waals surface area contributed by atoms with Gasteiger partial charge in [-0.2, -0.15) is 0 Å². The van der Waals surface area contributed by atoms with E-state index in [9.17, 15) is 4.79 Å². The molecule has 1 atom stereocenters. The first-order valence-electron chi connectivity index (χ1n) is 6.38. The highest BCUT2D eigenvalue weighted by atomic mass is 16.5. The van der Waals surface area contributed by atoms with Crippen LogP contribution in [0.2, 0.25) is 0 Å². The summed E-state index contributed by atoms with van der Waals surface area (Å²) in [6.45, 7) is 0. The van der Waals surface area contributed by atoms with Crippen LogP contribution >= 0.6 is 0 Å². The molecule has 15 heavy (non-hydrogen) atoms.